The number of carbonyl (C=O) groups is 2. The van der Waals surface area contributed by atoms with Gasteiger partial charge in [-0.15, -0.1) is 0 Å². The predicted octanol–water partition coefficient (Wildman–Crippen LogP) is 3.07. The van der Waals surface area contributed by atoms with Gasteiger partial charge in [0.25, 0.3) is 5.72 Å². The quantitative estimate of drug-likeness (QED) is 0.315. The van der Waals surface area contributed by atoms with Gasteiger partial charge in [0.05, 0.1) is 39.9 Å². The molecule has 0 radical (unpaired) electrons. The second-order valence-corrected chi connectivity index (χ2v) is 6.81. The van der Waals surface area contributed by atoms with Gasteiger partial charge in [-0.05, 0) is 12.0 Å². The van der Waals surface area contributed by atoms with Crippen molar-refractivity contribution in [2.75, 3.05) is 27.9 Å². The Kier molecular flexibility index (Phi) is 9.06. The molecule has 10 heteroatoms. The van der Waals surface area contributed by atoms with E-state index in [9.17, 15) is 9.59 Å². The highest BCUT2D eigenvalue weighted by Crippen LogP contribution is 2.32. The van der Waals surface area contributed by atoms with Crippen LogP contribution in [0.15, 0.2) is 36.4 Å². The molecule has 0 saturated carbocycles. The zero-order valence-corrected chi connectivity index (χ0v) is 18.9. The van der Waals surface area contributed by atoms with Gasteiger partial charge in [-0.25, -0.2) is 9.59 Å². The number of carbonyl (C=O) groups excluding carboxylic acids is 2. The molecule has 174 valence electrons. The molecule has 2 atom stereocenters. The van der Waals surface area contributed by atoms with Crippen molar-refractivity contribution in [2.24, 2.45) is 0 Å². The third kappa shape index (κ3) is 5.99. The first-order chi connectivity index (χ1) is 15.4. The topological polar surface area (TPSA) is 118 Å². The van der Waals surface area contributed by atoms with Crippen molar-refractivity contribution in [3.8, 4) is 17.8 Å². The van der Waals surface area contributed by atoms with Crippen LogP contribution in [-0.2, 0) is 14.3 Å². The predicted molar refractivity (Wildman–Crippen MR) is 115 cm³/mol. The molecule has 1 heterocycles. The van der Waals surface area contributed by atoms with Crippen LogP contribution in [0.1, 0.15) is 38.2 Å². The van der Waals surface area contributed by atoms with Gasteiger partial charge in [-0.1, -0.05) is 50.6 Å². The molecule has 1 aromatic heterocycles. The van der Waals surface area contributed by atoms with Crippen LogP contribution in [0.2, 0.25) is 0 Å². The first kappa shape index (κ1) is 24.7. The van der Waals surface area contributed by atoms with Gasteiger partial charge in [0.15, 0.2) is 0 Å². The summed E-state index contributed by atoms with van der Waals surface area (Å²) in [6, 6.07) is 10.2. The third-order valence-electron chi connectivity index (χ3n) is 4.75. The van der Waals surface area contributed by atoms with Crippen LogP contribution in [0, 0.1) is 0 Å². The minimum Gasteiger partial charge on any atom is -0.481 e. The second-order valence-electron chi connectivity index (χ2n) is 6.81. The summed E-state index contributed by atoms with van der Waals surface area (Å²) in [5, 5.41) is 2.54. The summed E-state index contributed by atoms with van der Waals surface area (Å²) in [5.41, 5.74) is -1.35. The molecule has 0 aliphatic rings. The molecular weight excluding hydrogens is 418 g/mol. The fraction of sp³-hybridized carbons (Fsp3) is 0.455. The molecule has 0 saturated heterocycles. The van der Waals surface area contributed by atoms with Crippen molar-refractivity contribution in [3.63, 3.8) is 0 Å². The first-order valence-electron chi connectivity index (χ1n) is 10.1. The average molecular weight is 447 g/mol. The molecule has 32 heavy (non-hydrogen) atoms. The van der Waals surface area contributed by atoms with Gasteiger partial charge in [0.2, 0.25) is 11.8 Å². The summed E-state index contributed by atoms with van der Waals surface area (Å²) >= 11 is 0. The van der Waals surface area contributed by atoms with E-state index in [-0.39, 0.29) is 24.4 Å². The van der Waals surface area contributed by atoms with E-state index < -0.39 is 23.7 Å². The van der Waals surface area contributed by atoms with Crippen molar-refractivity contribution >= 4 is 12.1 Å². The Morgan fingerprint density at radius 2 is 1.69 bits per heavy atom. The lowest BCUT2D eigenvalue weighted by molar-refractivity contribution is -0.165. The molecule has 1 aromatic carbocycles. The number of esters is 1. The van der Waals surface area contributed by atoms with Crippen LogP contribution in [0.25, 0.3) is 0 Å². The molecule has 0 bridgehead atoms. The maximum absolute atomic E-state index is 13.1. The molecule has 2 rings (SSSR count). The van der Waals surface area contributed by atoms with E-state index in [1.165, 1.54) is 27.4 Å². The van der Waals surface area contributed by atoms with Crippen LogP contribution in [0.4, 0.5) is 4.79 Å². The zero-order chi connectivity index (χ0) is 23.6. The zero-order valence-electron chi connectivity index (χ0n) is 18.9. The minimum absolute atomic E-state index is 0.142. The number of nitrogens with zero attached hydrogens (tertiary/aromatic N) is 2. The van der Waals surface area contributed by atoms with Crippen LogP contribution < -0.4 is 19.5 Å². The fourth-order valence-corrected chi connectivity index (χ4v) is 2.90. The van der Waals surface area contributed by atoms with Crippen LogP contribution in [-0.4, -0.2) is 55.7 Å². The molecule has 0 aliphatic heterocycles. The summed E-state index contributed by atoms with van der Waals surface area (Å²) in [5.74, 6) is -1.31. The summed E-state index contributed by atoms with van der Waals surface area (Å²) in [4.78, 5) is 34.0. The van der Waals surface area contributed by atoms with Crippen LogP contribution in [0.5, 0.6) is 17.8 Å². The summed E-state index contributed by atoms with van der Waals surface area (Å²) in [6.45, 7) is 3.85. The van der Waals surface area contributed by atoms with Crippen molar-refractivity contribution in [1.29, 1.82) is 0 Å². The molecule has 2 unspecified atom stereocenters. The Hall–Kier alpha value is -3.56. The average Bonchev–Trinajstić information content (AvgIpc) is 2.82. The number of nitrogens with one attached hydrogen (secondary N) is 1. The largest absolute Gasteiger partial charge is 0.481 e. The monoisotopic (exact) mass is 447 g/mol. The van der Waals surface area contributed by atoms with Gasteiger partial charge in [-0.2, -0.15) is 9.97 Å². The maximum atomic E-state index is 13.1. The van der Waals surface area contributed by atoms with E-state index in [1.807, 2.05) is 13.0 Å². The standard InChI is InChI=1S/C22H29N3O7/c1-6-7-13-31-21(27)25-22(19(26)30-5,15(2)16-11-9-8-10-12-16)32-20-23-17(28-3)14-18(24-20)29-4/h8-12,14-15H,6-7,13H2,1-5H3,(H,25,27). The molecule has 0 aliphatic carbocycles. The van der Waals surface area contributed by atoms with Crippen molar-refractivity contribution in [1.82, 2.24) is 15.3 Å². The van der Waals surface area contributed by atoms with E-state index >= 15 is 0 Å². The number of unbranched alkanes of at least 4 members (excludes halogenated alkanes) is 1. The highest BCUT2D eigenvalue weighted by atomic mass is 16.6. The van der Waals surface area contributed by atoms with Gasteiger partial charge in [-0.3, -0.25) is 5.32 Å². The SMILES string of the molecule is CCCCOC(=O)NC(Oc1nc(OC)cc(OC)n1)(C(=O)OC)C(C)c1ccccc1. The highest BCUT2D eigenvalue weighted by Gasteiger charge is 2.51. The Morgan fingerprint density at radius 3 is 2.22 bits per heavy atom. The molecule has 10 nitrogen and oxygen atoms in total. The Labute approximate surface area is 187 Å². The van der Waals surface area contributed by atoms with Crippen LogP contribution >= 0.6 is 0 Å². The Bertz CT molecular complexity index is 872. The van der Waals surface area contributed by atoms with Crippen LogP contribution in [0.3, 0.4) is 0 Å². The van der Waals surface area contributed by atoms with Gasteiger partial charge < -0.3 is 23.7 Å². The Balaban J connectivity index is 2.54. The number of benzene rings is 1. The molecule has 1 N–H and O–H groups in total. The molecular formula is C22H29N3O7. The van der Waals surface area contributed by atoms with E-state index in [0.29, 0.717) is 12.0 Å². The van der Waals surface area contributed by atoms with E-state index in [1.54, 1.807) is 31.2 Å². The third-order valence-corrected chi connectivity index (χ3v) is 4.75. The molecule has 2 aromatic rings. The normalized spacial score (nSPS) is 13.3. The lowest BCUT2D eigenvalue weighted by Crippen LogP contribution is -2.62. The number of hydrogen-bond donors (Lipinski definition) is 1. The van der Waals surface area contributed by atoms with Crippen molar-refractivity contribution in [3.05, 3.63) is 42.0 Å². The molecule has 0 spiro atoms. The second kappa shape index (κ2) is 11.7. The summed E-state index contributed by atoms with van der Waals surface area (Å²) < 4.78 is 26.5. The molecule has 1 amide bonds. The summed E-state index contributed by atoms with van der Waals surface area (Å²) in [7, 11) is 4.01. The van der Waals surface area contributed by atoms with Gasteiger partial charge in [0.1, 0.15) is 0 Å². The summed E-state index contributed by atoms with van der Waals surface area (Å²) in [6.07, 6.45) is 0.662. The number of amides is 1. The van der Waals surface area contributed by atoms with Gasteiger partial charge >= 0.3 is 18.1 Å². The minimum atomic E-state index is -2.04. The number of alkyl carbamates (subject to hydrolysis) is 1. The fourth-order valence-electron chi connectivity index (χ4n) is 2.90. The number of aromatic nitrogens is 2. The number of rotatable bonds is 11. The van der Waals surface area contributed by atoms with Gasteiger partial charge in [0, 0.05) is 0 Å². The number of ether oxygens (including phenoxy) is 5. The van der Waals surface area contributed by atoms with E-state index in [4.69, 9.17) is 23.7 Å². The highest BCUT2D eigenvalue weighted by molar-refractivity contribution is 5.85. The number of methoxy groups -OCH3 is 3. The first-order valence-corrected chi connectivity index (χ1v) is 10.1. The van der Waals surface area contributed by atoms with E-state index in [2.05, 4.69) is 15.3 Å². The van der Waals surface area contributed by atoms with E-state index in [0.717, 1.165) is 6.42 Å². The maximum Gasteiger partial charge on any atom is 0.410 e. The lowest BCUT2D eigenvalue weighted by atomic mass is 9.89. The Morgan fingerprint density at radius 1 is 1.06 bits per heavy atom. The molecule has 0 fully saturated rings. The lowest BCUT2D eigenvalue weighted by Gasteiger charge is -2.36. The number of hydrogen-bond acceptors (Lipinski definition) is 9. The van der Waals surface area contributed by atoms with Crippen molar-refractivity contribution < 1.29 is 33.3 Å². The van der Waals surface area contributed by atoms with Crippen molar-refractivity contribution in [2.45, 2.75) is 38.3 Å². The smallest absolute Gasteiger partial charge is 0.410 e.